The van der Waals surface area contributed by atoms with Gasteiger partial charge in [-0.2, -0.15) is 0 Å². The van der Waals surface area contributed by atoms with Crippen molar-refractivity contribution in [3.8, 4) is 0 Å². The van der Waals surface area contributed by atoms with E-state index >= 15 is 0 Å². The fraction of sp³-hybridized carbons (Fsp3) is 0.263. The second-order valence-corrected chi connectivity index (χ2v) is 5.84. The molecule has 0 atom stereocenters. The van der Waals surface area contributed by atoms with Crippen LogP contribution in [0.3, 0.4) is 0 Å². The molecular weight excluding hydrogens is 302 g/mol. The number of hydrogen-bond donors (Lipinski definition) is 3. The van der Waals surface area contributed by atoms with E-state index in [0.29, 0.717) is 12.2 Å². The van der Waals surface area contributed by atoms with E-state index in [1.807, 2.05) is 68.4 Å². The third-order valence-corrected chi connectivity index (χ3v) is 3.44. The first kappa shape index (κ1) is 17.5. The van der Waals surface area contributed by atoms with Crippen molar-refractivity contribution in [3.05, 3.63) is 60.2 Å². The summed E-state index contributed by atoms with van der Waals surface area (Å²) in [5.74, 6) is -0.200. The van der Waals surface area contributed by atoms with Gasteiger partial charge in [0.2, 0.25) is 11.8 Å². The van der Waals surface area contributed by atoms with Crippen LogP contribution in [-0.4, -0.2) is 18.4 Å². The van der Waals surface area contributed by atoms with Crippen molar-refractivity contribution in [2.45, 2.75) is 20.4 Å². The number of carbonyl (C=O) groups excluding carboxylic acids is 2. The lowest BCUT2D eigenvalue weighted by Gasteiger charge is -2.11. The van der Waals surface area contributed by atoms with Gasteiger partial charge in [-0.15, -0.1) is 0 Å². The molecule has 0 saturated carbocycles. The quantitative estimate of drug-likeness (QED) is 0.733. The first-order valence-corrected chi connectivity index (χ1v) is 8.00. The zero-order valence-electron chi connectivity index (χ0n) is 14.0. The molecule has 2 amide bonds. The molecule has 24 heavy (non-hydrogen) atoms. The fourth-order valence-electron chi connectivity index (χ4n) is 2.03. The van der Waals surface area contributed by atoms with Gasteiger partial charge in [-0.1, -0.05) is 50.2 Å². The molecule has 2 rings (SSSR count). The minimum atomic E-state index is -0.0875. The van der Waals surface area contributed by atoms with Crippen molar-refractivity contribution in [1.82, 2.24) is 5.32 Å². The molecule has 3 N–H and O–H groups in total. The normalized spacial score (nSPS) is 10.3. The number of nitrogens with one attached hydrogen (secondary N) is 3. The Bertz CT molecular complexity index is 684. The third kappa shape index (κ3) is 5.76. The van der Waals surface area contributed by atoms with Gasteiger partial charge in [0.05, 0.1) is 6.54 Å². The van der Waals surface area contributed by atoms with Crippen LogP contribution >= 0.6 is 0 Å². The smallest absolute Gasteiger partial charge is 0.239 e. The van der Waals surface area contributed by atoms with E-state index in [4.69, 9.17) is 0 Å². The Balaban J connectivity index is 1.81. The molecule has 0 fully saturated rings. The molecule has 0 radical (unpaired) electrons. The van der Waals surface area contributed by atoms with Crippen LogP contribution < -0.4 is 16.0 Å². The maximum Gasteiger partial charge on any atom is 0.239 e. The maximum atomic E-state index is 11.9. The molecule has 0 unspecified atom stereocenters. The van der Waals surface area contributed by atoms with Gasteiger partial charge in [-0.05, 0) is 23.8 Å². The summed E-state index contributed by atoms with van der Waals surface area (Å²) in [6, 6.07) is 17.1. The molecule has 2 aromatic rings. The largest absolute Gasteiger partial charge is 0.376 e. The maximum absolute atomic E-state index is 11.9. The summed E-state index contributed by atoms with van der Waals surface area (Å²) in [4.78, 5) is 23.6. The topological polar surface area (TPSA) is 70.2 Å². The van der Waals surface area contributed by atoms with Crippen LogP contribution in [-0.2, 0) is 16.1 Å². The van der Waals surface area contributed by atoms with Gasteiger partial charge in [0.15, 0.2) is 0 Å². The zero-order chi connectivity index (χ0) is 17.4. The van der Waals surface area contributed by atoms with Crippen molar-refractivity contribution in [2.24, 2.45) is 5.92 Å². The molecule has 0 aliphatic carbocycles. The number of rotatable bonds is 7. The van der Waals surface area contributed by atoms with E-state index in [1.165, 1.54) is 0 Å². The van der Waals surface area contributed by atoms with Gasteiger partial charge >= 0.3 is 0 Å². The van der Waals surface area contributed by atoms with Crippen LogP contribution in [0.1, 0.15) is 19.4 Å². The van der Waals surface area contributed by atoms with Gasteiger partial charge in [-0.25, -0.2) is 0 Å². The lowest BCUT2D eigenvalue weighted by atomic mass is 10.2. The predicted molar refractivity (Wildman–Crippen MR) is 96.7 cm³/mol. The summed E-state index contributed by atoms with van der Waals surface area (Å²) < 4.78 is 0. The Hall–Kier alpha value is -2.82. The molecule has 0 spiro atoms. The molecule has 5 nitrogen and oxygen atoms in total. The molecule has 126 valence electrons. The first-order valence-electron chi connectivity index (χ1n) is 8.00. The molecule has 0 aliphatic heterocycles. The zero-order valence-corrected chi connectivity index (χ0v) is 14.0. The molecule has 5 heteroatoms. The number of anilines is 2. The Labute approximate surface area is 142 Å². The summed E-state index contributed by atoms with van der Waals surface area (Å²) in [6.07, 6.45) is 0. The number of hydrogen-bond acceptors (Lipinski definition) is 3. The van der Waals surface area contributed by atoms with E-state index in [9.17, 15) is 9.59 Å². The Morgan fingerprint density at radius 3 is 2.38 bits per heavy atom. The van der Waals surface area contributed by atoms with Gasteiger partial charge in [0, 0.05) is 23.8 Å². The molecular formula is C19H23N3O2. The standard InChI is InChI=1S/C19H23N3O2/c1-14(2)19(24)22-17-10-6-9-16(11-17)20-13-18(23)21-12-15-7-4-3-5-8-15/h3-11,14,20H,12-13H2,1-2H3,(H,21,23)(H,22,24). The Kier molecular flexibility index (Phi) is 6.37. The first-order chi connectivity index (χ1) is 11.5. The monoisotopic (exact) mass is 325 g/mol. The Morgan fingerprint density at radius 1 is 0.958 bits per heavy atom. The SMILES string of the molecule is CC(C)C(=O)Nc1cccc(NCC(=O)NCc2ccccc2)c1. The third-order valence-electron chi connectivity index (χ3n) is 3.44. The highest BCUT2D eigenvalue weighted by Gasteiger charge is 2.07. The van der Waals surface area contributed by atoms with E-state index in [-0.39, 0.29) is 24.3 Å². The minimum absolute atomic E-state index is 0.0345. The van der Waals surface area contributed by atoms with Crippen LogP contribution in [0.25, 0.3) is 0 Å². The van der Waals surface area contributed by atoms with Crippen LogP contribution in [0.4, 0.5) is 11.4 Å². The van der Waals surface area contributed by atoms with E-state index < -0.39 is 0 Å². The Morgan fingerprint density at radius 2 is 1.67 bits per heavy atom. The summed E-state index contributed by atoms with van der Waals surface area (Å²) in [6.45, 7) is 4.36. The van der Waals surface area contributed by atoms with Gasteiger partial charge in [-0.3, -0.25) is 9.59 Å². The van der Waals surface area contributed by atoms with Crippen LogP contribution in [0, 0.1) is 5.92 Å². The summed E-state index contributed by atoms with van der Waals surface area (Å²) in [5.41, 5.74) is 2.55. The van der Waals surface area contributed by atoms with E-state index in [2.05, 4.69) is 16.0 Å². The van der Waals surface area contributed by atoms with Crippen molar-refractivity contribution in [1.29, 1.82) is 0 Å². The summed E-state index contributed by atoms with van der Waals surface area (Å²) in [7, 11) is 0. The summed E-state index contributed by atoms with van der Waals surface area (Å²) >= 11 is 0. The number of benzene rings is 2. The second-order valence-electron chi connectivity index (χ2n) is 5.84. The highest BCUT2D eigenvalue weighted by Crippen LogP contribution is 2.15. The van der Waals surface area contributed by atoms with Crippen LogP contribution in [0.2, 0.25) is 0 Å². The average Bonchev–Trinajstić information content (AvgIpc) is 2.59. The van der Waals surface area contributed by atoms with E-state index in [0.717, 1.165) is 11.3 Å². The fourth-order valence-corrected chi connectivity index (χ4v) is 2.03. The second kappa shape index (κ2) is 8.72. The summed E-state index contributed by atoms with van der Waals surface area (Å²) in [5, 5.41) is 8.76. The number of amides is 2. The van der Waals surface area contributed by atoms with Crippen molar-refractivity contribution < 1.29 is 9.59 Å². The van der Waals surface area contributed by atoms with Crippen LogP contribution in [0.15, 0.2) is 54.6 Å². The lowest BCUT2D eigenvalue weighted by Crippen LogP contribution is -2.29. The van der Waals surface area contributed by atoms with Crippen molar-refractivity contribution >= 4 is 23.2 Å². The van der Waals surface area contributed by atoms with Crippen molar-refractivity contribution in [3.63, 3.8) is 0 Å². The van der Waals surface area contributed by atoms with Crippen LogP contribution in [0.5, 0.6) is 0 Å². The molecule has 0 aromatic heterocycles. The molecule has 0 heterocycles. The van der Waals surface area contributed by atoms with Crippen molar-refractivity contribution in [2.75, 3.05) is 17.2 Å². The van der Waals surface area contributed by atoms with Gasteiger partial charge < -0.3 is 16.0 Å². The van der Waals surface area contributed by atoms with Gasteiger partial charge in [0.1, 0.15) is 0 Å². The highest BCUT2D eigenvalue weighted by molar-refractivity contribution is 5.92. The van der Waals surface area contributed by atoms with Gasteiger partial charge in [0.25, 0.3) is 0 Å². The predicted octanol–water partition coefficient (Wildman–Crippen LogP) is 3.01. The number of carbonyl (C=O) groups is 2. The average molecular weight is 325 g/mol. The molecule has 0 saturated heterocycles. The minimum Gasteiger partial charge on any atom is -0.376 e. The van der Waals surface area contributed by atoms with E-state index in [1.54, 1.807) is 0 Å². The molecule has 2 aromatic carbocycles. The molecule has 0 bridgehead atoms. The molecule has 0 aliphatic rings. The lowest BCUT2D eigenvalue weighted by molar-refractivity contribution is -0.120. The highest BCUT2D eigenvalue weighted by atomic mass is 16.2.